The number of nitrogens with one attached hydrogen (secondary N) is 2. The fourth-order valence-corrected chi connectivity index (χ4v) is 2.91. The predicted molar refractivity (Wildman–Crippen MR) is 85.5 cm³/mol. The van der Waals surface area contributed by atoms with Gasteiger partial charge in [-0.2, -0.15) is 0 Å². The quantitative estimate of drug-likeness (QED) is 0.795. The van der Waals surface area contributed by atoms with Crippen LogP contribution in [0.25, 0.3) is 0 Å². The van der Waals surface area contributed by atoms with Crippen LogP contribution < -0.4 is 16.4 Å². The van der Waals surface area contributed by atoms with Crippen LogP contribution in [-0.4, -0.2) is 23.9 Å². The van der Waals surface area contributed by atoms with E-state index in [1.165, 1.54) is 0 Å². The van der Waals surface area contributed by atoms with Gasteiger partial charge in [-0.25, -0.2) is 0 Å². The Morgan fingerprint density at radius 1 is 1.05 bits per heavy atom. The first-order valence-corrected chi connectivity index (χ1v) is 8.09. The number of anilines is 1. The summed E-state index contributed by atoms with van der Waals surface area (Å²) < 4.78 is 0. The van der Waals surface area contributed by atoms with Crippen LogP contribution in [0.3, 0.4) is 0 Å². The van der Waals surface area contributed by atoms with Crippen molar-refractivity contribution in [3.8, 4) is 0 Å². The van der Waals surface area contributed by atoms with Crippen LogP contribution in [0.5, 0.6) is 0 Å². The topological polar surface area (TPSA) is 84.2 Å². The van der Waals surface area contributed by atoms with Gasteiger partial charge in [0.15, 0.2) is 0 Å². The Morgan fingerprint density at radius 2 is 1.77 bits per heavy atom. The van der Waals surface area contributed by atoms with Gasteiger partial charge < -0.3 is 16.4 Å². The minimum Gasteiger partial charge on any atom is -0.349 e. The standard InChI is InChI=1S/C17H23N3O2/c18-13-3-1-2-12(10-13)17(22)20-14-6-4-11(5-7-14)16(21)19-15-8-9-15/h4-7,12-13,15H,1-3,8-10,18H2,(H,19,21)(H,20,22). The molecule has 0 aliphatic heterocycles. The first-order chi connectivity index (χ1) is 10.6. The minimum absolute atomic E-state index is 0.00147. The summed E-state index contributed by atoms with van der Waals surface area (Å²) >= 11 is 0. The number of carbonyl (C=O) groups excluding carboxylic acids is 2. The van der Waals surface area contributed by atoms with Crippen molar-refractivity contribution in [2.45, 2.75) is 50.6 Å². The number of hydrogen-bond acceptors (Lipinski definition) is 3. The second-order valence-electron chi connectivity index (χ2n) is 6.44. The third kappa shape index (κ3) is 3.85. The molecule has 2 aliphatic carbocycles. The first kappa shape index (κ1) is 15.0. The second-order valence-corrected chi connectivity index (χ2v) is 6.44. The monoisotopic (exact) mass is 301 g/mol. The van der Waals surface area contributed by atoms with Crippen molar-refractivity contribution in [2.24, 2.45) is 11.7 Å². The van der Waals surface area contributed by atoms with E-state index in [1.54, 1.807) is 24.3 Å². The van der Waals surface area contributed by atoms with Gasteiger partial charge >= 0.3 is 0 Å². The summed E-state index contributed by atoms with van der Waals surface area (Å²) in [6.45, 7) is 0. The van der Waals surface area contributed by atoms with Gasteiger partial charge in [0.25, 0.3) is 5.91 Å². The predicted octanol–water partition coefficient (Wildman–Crippen LogP) is 2.03. The SMILES string of the molecule is NC1CCCC(C(=O)Nc2ccc(C(=O)NC3CC3)cc2)C1. The van der Waals surface area contributed by atoms with E-state index in [2.05, 4.69) is 10.6 Å². The number of benzene rings is 1. The summed E-state index contributed by atoms with van der Waals surface area (Å²) in [5.41, 5.74) is 7.29. The van der Waals surface area contributed by atoms with Crippen LogP contribution in [0.15, 0.2) is 24.3 Å². The molecule has 0 heterocycles. The average Bonchev–Trinajstić information content (AvgIpc) is 3.32. The molecule has 2 unspecified atom stereocenters. The summed E-state index contributed by atoms with van der Waals surface area (Å²) in [6.07, 6.45) is 5.83. The highest BCUT2D eigenvalue weighted by molar-refractivity contribution is 5.96. The lowest BCUT2D eigenvalue weighted by molar-refractivity contribution is -0.120. The van der Waals surface area contributed by atoms with E-state index in [-0.39, 0.29) is 23.8 Å². The lowest BCUT2D eigenvalue weighted by Gasteiger charge is -2.25. The molecule has 5 nitrogen and oxygen atoms in total. The van der Waals surface area contributed by atoms with Gasteiger partial charge in [0.05, 0.1) is 0 Å². The normalized spacial score (nSPS) is 24.6. The Kier molecular flexibility index (Phi) is 4.43. The Bertz CT molecular complexity index is 552. The third-order valence-electron chi connectivity index (χ3n) is 4.41. The third-order valence-corrected chi connectivity index (χ3v) is 4.41. The number of hydrogen-bond donors (Lipinski definition) is 3. The van der Waals surface area contributed by atoms with Crippen molar-refractivity contribution >= 4 is 17.5 Å². The van der Waals surface area contributed by atoms with E-state index in [4.69, 9.17) is 5.73 Å². The van der Waals surface area contributed by atoms with Crippen molar-refractivity contribution in [1.82, 2.24) is 5.32 Å². The Hall–Kier alpha value is -1.88. The maximum atomic E-state index is 12.2. The molecule has 2 fully saturated rings. The zero-order valence-corrected chi connectivity index (χ0v) is 12.7. The molecule has 22 heavy (non-hydrogen) atoms. The van der Waals surface area contributed by atoms with Gasteiger partial charge in [0.1, 0.15) is 0 Å². The molecule has 0 spiro atoms. The molecule has 118 valence electrons. The molecular formula is C17H23N3O2. The van der Waals surface area contributed by atoms with Gasteiger partial charge in [-0.3, -0.25) is 9.59 Å². The molecule has 2 aliphatic rings. The van der Waals surface area contributed by atoms with E-state index in [0.717, 1.165) is 44.2 Å². The van der Waals surface area contributed by atoms with E-state index in [0.29, 0.717) is 11.6 Å². The molecule has 2 saturated carbocycles. The van der Waals surface area contributed by atoms with Crippen molar-refractivity contribution in [3.63, 3.8) is 0 Å². The Balaban J connectivity index is 1.55. The summed E-state index contributed by atoms with van der Waals surface area (Å²) in [6, 6.07) is 7.55. The molecule has 0 saturated heterocycles. The molecule has 1 aromatic rings. The fraction of sp³-hybridized carbons (Fsp3) is 0.529. The van der Waals surface area contributed by atoms with Gasteiger partial charge in [-0.15, -0.1) is 0 Å². The molecule has 3 rings (SSSR count). The highest BCUT2D eigenvalue weighted by Crippen LogP contribution is 2.24. The molecule has 1 aromatic carbocycles. The fourth-order valence-electron chi connectivity index (χ4n) is 2.91. The molecule has 5 heteroatoms. The van der Waals surface area contributed by atoms with Crippen molar-refractivity contribution in [3.05, 3.63) is 29.8 Å². The molecule has 2 amide bonds. The van der Waals surface area contributed by atoms with Crippen LogP contribution in [0, 0.1) is 5.92 Å². The molecule has 0 aromatic heterocycles. The molecule has 0 bridgehead atoms. The first-order valence-electron chi connectivity index (χ1n) is 8.09. The molecule has 0 radical (unpaired) electrons. The highest BCUT2D eigenvalue weighted by Gasteiger charge is 2.26. The van der Waals surface area contributed by atoms with Gasteiger partial charge in [-0.05, 0) is 56.4 Å². The number of carbonyl (C=O) groups is 2. The largest absolute Gasteiger partial charge is 0.349 e. The Morgan fingerprint density at radius 3 is 2.41 bits per heavy atom. The second kappa shape index (κ2) is 6.48. The zero-order valence-electron chi connectivity index (χ0n) is 12.7. The average molecular weight is 301 g/mol. The summed E-state index contributed by atoms with van der Waals surface area (Å²) in [7, 11) is 0. The molecule has 4 N–H and O–H groups in total. The smallest absolute Gasteiger partial charge is 0.251 e. The number of amides is 2. The van der Waals surface area contributed by atoms with Gasteiger partial charge in [0.2, 0.25) is 5.91 Å². The van der Waals surface area contributed by atoms with E-state index < -0.39 is 0 Å². The lowest BCUT2D eigenvalue weighted by Crippen LogP contribution is -2.34. The van der Waals surface area contributed by atoms with Gasteiger partial charge in [-0.1, -0.05) is 6.42 Å². The summed E-state index contributed by atoms with van der Waals surface area (Å²) in [5.74, 6) is -0.00875. The van der Waals surface area contributed by atoms with E-state index in [1.807, 2.05) is 0 Å². The summed E-state index contributed by atoms with van der Waals surface area (Å²) in [4.78, 5) is 24.1. The van der Waals surface area contributed by atoms with Crippen LogP contribution in [0.4, 0.5) is 5.69 Å². The van der Waals surface area contributed by atoms with E-state index >= 15 is 0 Å². The van der Waals surface area contributed by atoms with Crippen molar-refractivity contribution < 1.29 is 9.59 Å². The van der Waals surface area contributed by atoms with Gasteiger partial charge in [0, 0.05) is 29.3 Å². The molecule has 2 atom stereocenters. The Labute approximate surface area is 130 Å². The number of nitrogens with two attached hydrogens (primary N) is 1. The maximum Gasteiger partial charge on any atom is 0.251 e. The van der Waals surface area contributed by atoms with Crippen LogP contribution in [0.1, 0.15) is 48.9 Å². The van der Waals surface area contributed by atoms with Crippen LogP contribution in [-0.2, 0) is 4.79 Å². The van der Waals surface area contributed by atoms with Crippen LogP contribution in [0.2, 0.25) is 0 Å². The van der Waals surface area contributed by atoms with Crippen molar-refractivity contribution in [1.29, 1.82) is 0 Å². The lowest BCUT2D eigenvalue weighted by atomic mass is 9.85. The van der Waals surface area contributed by atoms with Crippen LogP contribution >= 0.6 is 0 Å². The number of rotatable bonds is 4. The summed E-state index contributed by atoms with van der Waals surface area (Å²) in [5, 5.41) is 5.87. The minimum atomic E-state index is -0.0429. The highest BCUT2D eigenvalue weighted by atomic mass is 16.2. The van der Waals surface area contributed by atoms with E-state index in [9.17, 15) is 9.59 Å². The van der Waals surface area contributed by atoms with Crippen molar-refractivity contribution in [2.75, 3.05) is 5.32 Å². The maximum absolute atomic E-state index is 12.2. The molecular weight excluding hydrogens is 278 g/mol. The zero-order chi connectivity index (χ0) is 15.5.